The maximum Gasteiger partial charge on any atom is 0.167 e. The summed E-state index contributed by atoms with van der Waals surface area (Å²) in [5.74, 6) is 0.279. The molecule has 3 heterocycles. The lowest BCUT2D eigenvalue weighted by atomic mass is 10.2. The summed E-state index contributed by atoms with van der Waals surface area (Å²) < 4.78 is 12.2. The largest absolute Gasteiger partial charge is 0.388 e. The van der Waals surface area contributed by atoms with Gasteiger partial charge in [0.1, 0.15) is 24.7 Å². The van der Waals surface area contributed by atoms with Crippen LogP contribution in [-0.2, 0) is 9.47 Å². The van der Waals surface area contributed by atoms with Gasteiger partial charge in [-0.05, 0) is 0 Å². The lowest BCUT2D eigenvalue weighted by molar-refractivity contribution is -0.0838. The molecule has 1 fully saturated rings. The third kappa shape index (κ3) is 2.20. The van der Waals surface area contributed by atoms with Crippen molar-refractivity contribution in [2.45, 2.75) is 24.9 Å². The Morgan fingerprint density at radius 2 is 2.30 bits per heavy atom. The highest BCUT2D eigenvalue weighted by Gasteiger charge is 2.36. The van der Waals surface area contributed by atoms with E-state index in [1.54, 1.807) is 4.57 Å². The van der Waals surface area contributed by atoms with Crippen molar-refractivity contribution < 1.29 is 19.7 Å². The Hall–Kier alpha value is -1.81. The van der Waals surface area contributed by atoms with Gasteiger partial charge in [0.05, 0.1) is 19.0 Å². The fraction of sp³-hybridized carbons (Fsp3) is 0.545. The van der Waals surface area contributed by atoms with Crippen LogP contribution in [0.5, 0.6) is 0 Å². The number of ether oxygens (including phenoxy) is 2. The number of hydrogen-bond acceptors (Lipinski definition) is 8. The molecule has 0 saturated carbocycles. The van der Waals surface area contributed by atoms with Crippen LogP contribution in [0, 0.1) is 0 Å². The minimum absolute atomic E-state index is 0.216. The number of imidazole rings is 1. The van der Waals surface area contributed by atoms with Gasteiger partial charge in [-0.3, -0.25) is 4.57 Å². The first-order valence-electron chi connectivity index (χ1n) is 6.16. The molecule has 3 atom stereocenters. The second kappa shape index (κ2) is 5.29. The zero-order valence-electron chi connectivity index (χ0n) is 10.6. The SMILES string of the molecule is Nc1ncnc2c1ncn2C1O[C@H](COCO)CC1O. The number of nitrogens with two attached hydrogens (primary N) is 1. The highest BCUT2D eigenvalue weighted by atomic mass is 16.6. The van der Waals surface area contributed by atoms with E-state index < -0.39 is 12.3 Å². The first kappa shape index (κ1) is 13.2. The Balaban J connectivity index is 1.86. The molecule has 2 aromatic heterocycles. The fourth-order valence-electron chi connectivity index (χ4n) is 2.33. The van der Waals surface area contributed by atoms with Gasteiger partial charge in [0, 0.05) is 6.42 Å². The third-order valence-electron chi connectivity index (χ3n) is 3.22. The molecule has 4 N–H and O–H groups in total. The topological polar surface area (TPSA) is 129 Å². The van der Waals surface area contributed by atoms with Crippen molar-refractivity contribution in [3.05, 3.63) is 12.7 Å². The van der Waals surface area contributed by atoms with Crippen LogP contribution in [0.25, 0.3) is 11.2 Å². The van der Waals surface area contributed by atoms with E-state index in [0.717, 1.165) is 0 Å². The Morgan fingerprint density at radius 3 is 3.10 bits per heavy atom. The van der Waals surface area contributed by atoms with Gasteiger partial charge in [0.15, 0.2) is 17.7 Å². The van der Waals surface area contributed by atoms with E-state index in [4.69, 9.17) is 20.3 Å². The van der Waals surface area contributed by atoms with Gasteiger partial charge in [-0.2, -0.15) is 0 Å². The van der Waals surface area contributed by atoms with Crippen molar-refractivity contribution in [3.63, 3.8) is 0 Å². The Labute approximate surface area is 114 Å². The van der Waals surface area contributed by atoms with Gasteiger partial charge in [0.25, 0.3) is 0 Å². The van der Waals surface area contributed by atoms with E-state index >= 15 is 0 Å². The number of rotatable bonds is 4. The number of aliphatic hydroxyl groups excluding tert-OH is 2. The lowest BCUT2D eigenvalue weighted by Crippen LogP contribution is -2.19. The molecular weight excluding hydrogens is 266 g/mol. The van der Waals surface area contributed by atoms with Crippen molar-refractivity contribution in [1.29, 1.82) is 0 Å². The molecule has 108 valence electrons. The minimum Gasteiger partial charge on any atom is -0.388 e. The van der Waals surface area contributed by atoms with Gasteiger partial charge < -0.3 is 25.4 Å². The van der Waals surface area contributed by atoms with Crippen molar-refractivity contribution in [1.82, 2.24) is 19.5 Å². The molecule has 0 aromatic carbocycles. The van der Waals surface area contributed by atoms with E-state index in [1.807, 2.05) is 0 Å². The van der Waals surface area contributed by atoms with Crippen LogP contribution in [0.1, 0.15) is 12.6 Å². The number of nitrogens with zero attached hydrogens (tertiary/aromatic N) is 4. The maximum absolute atomic E-state index is 10.1. The summed E-state index contributed by atoms with van der Waals surface area (Å²) in [5.41, 5.74) is 6.69. The van der Waals surface area contributed by atoms with Gasteiger partial charge in [-0.25, -0.2) is 15.0 Å². The Bertz CT molecular complexity index is 604. The Kier molecular flexibility index (Phi) is 3.49. The molecule has 9 nitrogen and oxygen atoms in total. The van der Waals surface area contributed by atoms with E-state index in [0.29, 0.717) is 17.6 Å². The second-order valence-electron chi connectivity index (χ2n) is 4.53. The molecule has 1 saturated heterocycles. The lowest BCUT2D eigenvalue weighted by Gasteiger charge is -2.16. The van der Waals surface area contributed by atoms with E-state index in [-0.39, 0.29) is 25.3 Å². The maximum atomic E-state index is 10.1. The zero-order valence-corrected chi connectivity index (χ0v) is 10.6. The summed E-state index contributed by atoms with van der Waals surface area (Å²) in [6, 6.07) is 0. The molecule has 9 heteroatoms. The van der Waals surface area contributed by atoms with Gasteiger partial charge in [-0.1, -0.05) is 0 Å². The Morgan fingerprint density at radius 1 is 1.45 bits per heavy atom. The normalized spacial score (nSPS) is 26.4. The van der Waals surface area contributed by atoms with Crippen LogP contribution in [0.4, 0.5) is 5.82 Å². The number of anilines is 1. The quantitative estimate of drug-likeness (QED) is 0.610. The molecule has 20 heavy (non-hydrogen) atoms. The average molecular weight is 281 g/mol. The molecule has 0 radical (unpaired) electrons. The van der Waals surface area contributed by atoms with Crippen LogP contribution in [0.2, 0.25) is 0 Å². The predicted octanol–water partition coefficient (Wildman–Crippen LogP) is -0.977. The molecule has 0 bridgehead atoms. The first-order valence-corrected chi connectivity index (χ1v) is 6.16. The molecular formula is C11H15N5O4. The summed E-state index contributed by atoms with van der Waals surface area (Å²) in [6.45, 7) is -0.161. The van der Waals surface area contributed by atoms with E-state index in [2.05, 4.69) is 15.0 Å². The monoisotopic (exact) mass is 281 g/mol. The van der Waals surface area contributed by atoms with Crippen molar-refractivity contribution in [2.75, 3.05) is 19.1 Å². The molecule has 0 aliphatic carbocycles. The molecule has 0 spiro atoms. The molecule has 3 rings (SSSR count). The first-order chi connectivity index (χ1) is 9.70. The summed E-state index contributed by atoms with van der Waals surface area (Å²) >= 11 is 0. The van der Waals surface area contributed by atoms with Crippen LogP contribution >= 0.6 is 0 Å². The van der Waals surface area contributed by atoms with Crippen LogP contribution in [0.15, 0.2) is 12.7 Å². The number of aromatic nitrogens is 4. The van der Waals surface area contributed by atoms with Crippen molar-refractivity contribution in [3.8, 4) is 0 Å². The smallest absolute Gasteiger partial charge is 0.167 e. The third-order valence-corrected chi connectivity index (χ3v) is 3.22. The number of fused-ring (bicyclic) bond motifs is 1. The molecule has 2 unspecified atom stereocenters. The number of nitrogen functional groups attached to an aromatic ring is 1. The fourth-order valence-corrected chi connectivity index (χ4v) is 2.33. The predicted molar refractivity (Wildman–Crippen MR) is 67.3 cm³/mol. The summed E-state index contributed by atoms with van der Waals surface area (Å²) in [4.78, 5) is 12.1. The molecule has 1 aliphatic rings. The van der Waals surface area contributed by atoms with Crippen LogP contribution in [0.3, 0.4) is 0 Å². The van der Waals surface area contributed by atoms with E-state index in [1.165, 1.54) is 12.7 Å². The molecule has 2 aromatic rings. The highest BCUT2D eigenvalue weighted by molar-refractivity contribution is 5.81. The van der Waals surface area contributed by atoms with Crippen molar-refractivity contribution >= 4 is 17.0 Å². The highest BCUT2D eigenvalue weighted by Crippen LogP contribution is 2.31. The van der Waals surface area contributed by atoms with Gasteiger partial charge >= 0.3 is 0 Å². The summed E-state index contributed by atoms with van der Waals surface area (Å²) in [7, 11) is 0. The summed E-state index contributed by atoms with van der Waals surface area (Å²) in [5, 5.41) is 18.7. The van der Waals surface area contributed by atoms with Gasteiger partial charge in [-0.15, -0.1) is 0 Å². The standard InChI is InChI=1S/C11H15N5O4/c12-9-8-10(14-3-13-9)16(4-15-8)11-7(18)1-6(20-11)2-19-5-17/h3-4,6-7,11,17-18H,1-2,5H2,(H2,12,13,14)/t6-,7?,11?/m0/s1. The average Bonchev–Trinajstić information content (AvgIpc) is 3.01. The minimum atomic E-state index is -0.712. The summed E-state index contributed by atoms with van der Waals surface area (Å²) in [6.07, 6.45) is 1.64. The van der Waals surface area contributed by atoms with Crippen LogP contribution in [-0.4, -0.2) is 55.3 Å². The second-order valence-corrected chi connectivity index (χ2v) is 4.53. The number of aliphatic hydroxyl groups is 2. The molecule has 0 amide bonds. The van der Waals surface area contributed by atoms with E-state index in [9.17, 15) is 5.11 Å². The number of hydrogen-bond donors (Lipinski definition) is 3. The molecule has 1 aliphatic heterocycles. The van der Waals surface area contributed by atoms with Crippen LogP contribution < -0.4 is 5.73 Å². The van der Waals surface area contributed by atoms with Crippen molar-refractivity contribution in [2.24, 2.45) is 0 Å². The van der Waals surface area contributed by atoms with Gasteiger partial charge in [0.2, 0.25) is 0 Å². The zero-order chi connectivity index (χ0) is 14.1.